The number of carbonyl (C=O) groups is 1. The van der Waals surface area contributed by atoms with Crippen molar-refractivity contribution in [3.63, 3.8) is 0 Å². The van der Waals surface area contributed by atoms with Gasteiger partial charge in [0.15, 0.2) is 11.6 Å². The van der Waals surface area contributed by atoms with Crippen molar-refractivity contribution < 1.29 is 9.53 Å². The third-order valence-corrected chi connectivity index (χ3v) is 4.59. The number of nitrogens with zero attached hydrogens (tertiary/aromatic N) is 1. The zero-order chi connectivity index (χ0) is 17.0. The Morgan fingerprint density at radius 2 is 2.00 bits per heavy atom. The van der Waals surface area contributed by atoms with Gasteiger partial charge in [-0.15, -0.1) is 0 Å². The van der Waals surface area contributed by atoms with Crippen LogP contribution in [0.4, 0.5) is 5.82 Å². The van der Waals surface area contributed by atoms with Crippen molar-refractivity contribution in [3.05, 3.63) is 18.3 Å². The Hall–Kier alpha value is -1.62. The minimum Gasteiger partial charge on any atom is -0.489 e. The first kappa shape index (κ1) is 18.7. The lowest BCUT2D eigenvalue weighted by Crippen LogP contribution is -2.17. The number of nitrogens with one attached hydrogen (secondary N) is 1. The fourth-order valence-electron chi connectivity index (χ4n) is 3.14. The number of amides is 1. The van der Waals surface area contributed by atoms with E-state index >= 15 is 0 Å². The van der Waals surface area contributed by atoms with Crippen molar-refractivity contribution in [1.29, 1.82) is 0 Å². The fourth-order valence-corrected chi connectivity index (χ4v) is 3.14. The average molecular weight is 333 g/mol. The van der Waals surface area contributed by atoms with E-state index in [0.717, 1.165) is 32.2 Å². The van der Waals surface area contributed by atoms with Crippen LogP contribution in [0, 0.1) is 5.92 Å². The van der Waals surface area contributed by atoms with Gasteiger partial charge in [-0.1, -0.05) is 32.1 Å². The second kappa shape index (κ2) is 11.0. The van der Waals surface area contributed by atoms with Crippen LogP contribution in [-0.2, 0) is 4.79 Å². The predicted molar refractivity (Wildman–Crippen MR) is 97.1 cm³/mol. The molecule has 3 N–H and O–H groups in total. The Morgan fingerprint density at radius 1 is 1.21 bits per heavy atom. The Morgan fingerprint density at radius 3 is 2.79 bits per heavy atom. The van der Waals surface area contributed by atoms with Crippen LogP contribution >= 0.6 is 0 Å². The fraction of sp³-hybridized carbons (Fsp3) is 0.684. The highest BCUT2D eigenvalue weighted by Gasteiger charge is 2.15. The molecule has 0 saturated heterocycles. The predicted octanol–water partition coefficient (Wildman–Crippen LogP) is 3.89. The zero-order valence-corrected chi connectivity index (χ0v) is 14.6. The molecule has 0 aliphatic heterocycles. The summed E-state index contributed by atoms with van der Waals surface area (Å²) >= 11 is 0. The molecule has 1 saturated carbocycles. The number of aromatic nitrogens is 1. The first-order valence-corrected chi connectivity index (χ1v) is 9.37. The molecule has 1 aliphatic carbocycles. The molecule has 1 amide bonds. The maximum atomic E-state index is 12.1. The summed E-state index contributed by atoms with van der Waals surface area (Å²) in [6.07, 6.45) is 12.7. The number of hydrogen-bond donors (Lipinski definition) is 2. The number of anilines is 1. The van der Waals surface area contributed by atoms with E-state index in [1.54, 1.807) is 6.20 Å². The quantitative estimate of drug-likeness (QED) is 0.637. The SMILES string of the molecule is NCCCCCCC(=O)Nc1ncccc1OCC1CCCCC1. The molecule has 5 heteroatoms. The van der Waals surface area contributed by atoms with E-state index in [0.29, 0.717) is 30.5 Å². The second-order valence-corrected chi connectivity index (χ2v) is 6.67. The second-order valence-electron chi connectivity index (χ2n) is 6.67. The van der Waals surface area contributed by atoms with Crippen molar-refractivity contribution in [2.75, 3.05) is 18.5 Å². The van der Waals surface area contributed by atoms with E-state index in [9.17, 15) is 4.79 Å². The number of hydrogen-bond acceptors (Lipinski definition) is 4. The van der Waals surface area contributed by atoms with Crippen LogP contribution in [0.2, 0.25) is 0 Å². The van der Waals surface area contributed by atoms with Gasteiger partial charge in [0.05, 0.1) is 6.61 Å². The summed E-state index contributed by atoms with van der Waals surface area (Å²) in [6.45, 7) is 1.44. The molecule has 0 bridgehead atoms. The summed E-state index contributed by atoms with van der Waals surface area (Å²) in [6, 6.07) is 3.73. The molecule has 0 atom stereocenters. The van der Waals surface area contributed by atoms with E-state index in [1.165, 1.54) is 32.1 Å². The van der Waals surface area contributed by atoms with Crippen molar-refractivity contribution in [1.82, 2.24) is 4.98 Å². The summed E-state index contributed by atoms with van der Waals surface area (Å²) in [5.41, 5.74) is 5.47. The topological polar surface area (TPSA) is 77.2 Å². The minimum absolute atomic E-state index is 0.00367. The highest BCUT2D eigenvalue weighted by atomic mass is 16.5. The van der Waals surface area contributed by atoms with Gasteiger partial charge in [0.25, 0.3) is 0 Å². The van der Waals surface area contributed by atoms with Crippen molar-refractivity contribution in [3.8, 4) is 5.75 Å². The molecule has 1 fully saturated rings. The molecule has 0 radical (unpaired) electrons. The molecule has 1 aromatic rings. The van der Waals surface area contributed by atoms with Crippen molar-refractivity contribution in [2.24, 2.45) is 11.7 Å². The van der Waals surface area contributed by atoms with Gasteiger partial charge >= 0.3 is 0 Å². The van der Waals surface area contributed by atoms with Crippen LogP contribution in [0.5, 0.6) is 5.75 Å². The molecule has 5 nitrogen and oxygen atoms in total. The summed E-state index contributed by atoms with van der Waals surface area (Å²) in [4.78, 5) is 16.3. The number of ether oxygens (including phenoxy) is 1. The van der Waals surface area contributed by atoms with Crippen LogP contribution in [0.1, 0.15) is 64.2 Å². The highest BCUT2D eigenvalue weighted by Crippen LogP contribution is 2.27. The maximum Gasteiger partial charge on any atom is 0.225 e. The van der Waals surface area contributed by atoms with E-state index in [4.69, 9.17) is 10.5 Å². The van der Waals surface area contributed by atoms with E-state index < -0.39 is 0 Å². The zero-order valence-electron chi connectivity index (χ0n) is 14.6. The number of pyridine rings is 1. The van der Waals surface area contributed by atoms with Crippen LogP contribution in [0.3, 0.4) is 0 Å². The van der Waals surface area contributed by atoms with E-state index in [2.05, 4.69) is 10.3 Å². The molecule has 1 heterocycles. The lowest BCUT2D eigenvalue weighted by molar-refractivity contribution is -0.116. The number of unbranched alkanes of at least 4 members (excludes halogenated alkanes) is 3. The molecule has 0 aromatic carbocycles. The summed E-state index contributed by atoms with van der Waals surface area (Å²) in [5.74, 6) is 1.86. The average Bonchev–Trinajstić information content (AvgIpc) is 2.62. The molecular weight excluding hydrogens is 302 g/mol. The Labute approximate surface area is 145 Å². The molecule has 0 spiro atoms. The van der Waals surface area contributed by atoms with Gasteiger partial charge in [-0.25, -0.2) is 4.98 Å². The molecule has 24 heavy (non-hydrogen) atoms. The summed E-state index contributed by atoms with van der Waals surface area (Å²) in [7, 11) is 0. The monoisotopic (exact) mass is 333 g/mol. The summed E-state index contributed by atoms with van der Waals surface area (Å²) < 4.78 is 5.94. The molecule has 2 rings (SSSR count). The van der Waals surface area contributed by atoms with Gasteiger partial charge in [-0.05, 0) is 50.3 Å². The van der Waals surface area contributed by atoms with Gasteiger partial charge in [0.2, 0.25) is 5.91 Å². The van der Waals surface area contributed by atoms with Crippen LogP contribution < -0.4 is 15.8 Å². The van der Waals surface area contributed by atoms with Gasteiger partial charge in [0, 0.05) is 12.6 Å². The molecule has 1 aliphatic rings. The van der Waals surface area contributed by atoms with Gasteiger partial charge in [-0.3, -0.25) is 4.79 Å². The molecule has 1 aromatic heterocycles. The molecule has 0 unspecified atom stereocenters. The van der Waals surface area contributed by atoms with Gasteiger partial charge in [-0.2, -0.15) is 0 Å². The third kappa shape index (κ3) is 6.87. The lowest BCUT2D eigenvalue weighted by atomic mass is 9.90. The number of rotatable bonds is 10. The van der Waals surface area contributed by atoms with Crippen LogP contribution in [0.15, 0.2) is 18.3 Å². The number of carbonyl (C=O) groups excluding carboxylic acids is 1. The standard InChI is InChI=1S/C19H31N3O2/c20-13-7-2-1-6-12-18(23)22-19-17(11-8-14-21-19)24-15-16-9-4-3-5-10-16/h8,11,14,16H,1-7,9-10,12-13,15,20H2,(H,21,22,23). The van der Waals surface area contributed by atoms with E-state index in [-0.39, 0.29) is 5.91 Å². The third-order valence-electron chi connectivity index (χ3n) is 4.59. The molecular formula is C19H31N3O2. The normalized spacial score (nSPS) is 15.2. The number of nitrogens with two attached hydrogens (primary N) is 1. The van der Waals surface area contributed by atoms with Crippen molar-refractivity contribution >= 4 is 11.7 Å². The smallest absolute Gasteiger partial charge is 0.225 e. The van der Waals surface area contributed by atoms with E-state index in [1.807, 2.05) is 12.1 Å². The molecule has 134 valence electrons. The lowest BCUT2D eigenvalue weighted by Gasteiger charge is -2.22. The minimum atomic E-state index is 0.00367. The Bertz CT molecular complexity index is 487. The largest absolute Gasteiger partial charge is 0.489 e. The van der Waals surface area contributed by atoms with Crippen LogP contribution in [0.25, 0.3) is 0 Å². The van der Waals surface area contributed by atoms with Gasteiger partial charge in [0.1, 0.15) is 0 Å². The van der Waals surface area contributed by atoms with Gasteiger partial charge < -0.3 is 15.8 Å². The highest BCUT2D eigenvalue weighted by molar-refractivity contribution is 5.90. The summed E-state index contributed by atoms with van der Waals surface area (Å²) in [5, 5.41) is 2.89. The maximum absolute atomic E-state index is 12.1. The Balaban J connectivity index is 1.76. The first-order chi connectivity index (χ1) is 11.8. The van der Waals surface area contributed by atoms with Crippen LogP contribution in [-0.4, -0.2) is 24.0 Å². The van der Waals surface area contributed by atoms with Crippen molar-refractivity contribution in [2.45, 2.75) is 64.2 Å². The first-order valence-electron chi connectivity index (χ1n) is 9.37. The Kier molecular flexibility index (Phi) is 8.60.